The summed E-state index contributed by atoms with van der Waals surface area (Å²) in [6.45, 7) is 0. The molecule has 0 spiro atoms. The normalized spacial score (nSPS) is 21.8. The fraction of sp³-hybridized carbons (Fsp3) is 1.00. The van der Waals surface area contributed by atoms with E-state index in [1.807, 2.05) is 0 Å². The smallest absolute Gasteiger partial charge is 0 e. The maximum atomic E-state index is 1.50. The quantitative estimate of drug-likeness (QED) is 0.555. The van der Waals surface area contributed by atoms with Crippen LogP contribution in [0.25, 0.3) is 0 Å². The van der Waals surface area contributed by atoms with Crippen molar-refractivity contribution >= 4 is 0 Å². The van der Waals surface area contributed by atoms with Crippen LogP contribution >= 0.6 is 0 Å². The van der Waals surface area contributed by atoms with Gasteiger partial charge in [-0.1, -0.05) is 64.2 Å². The molecule has 1 heteroatoms. The number of hydrogen-bond acceptors (Lipinski definition) is 0. The van der Waals surface area contributed by atoms with Crippen molar-refractivity contribution in [3.8, 4) is 0 Å². The Balaban J connectivity index is 0.000000167. The van der Waals surface area contributed by atoms with E-state index in [1.54, 1.807) is 0 Å². The van der Waals surface area contributed by atoms with Gasteiger partial charge in [-0.2, -0.15) is 0 Å². The molecule has 0 aliphatic heterocycles. The van der Waals surface area contributed by atoms with Gasteiger partial charge in [0.05, 0.1) is 0 Å². The molecule has 2 aliphatic carbocycles. The van der Waals surface area contributed by atoms with Gasteiger partial charge in [-0.05, 0) is 0 Å². The molecule has 0 aromatic carbocycles. The first-order chi connectivity index (χ1) is 5.00. The number of rotatable bonds is 0. The van der Waals surface area contributed by atoms with Gasteiger partial charge in [0.25, 0.3) is 0 Å². The molecule has 2 saturated carbocycles. The Labute approximate surface area is 81.3 Å². The molecule has 69 valence electrons. The zero-order valence-electron chi connectivity index (χ0n) is 7.40. The van der Waals surface area contributed by atoms with Gasteiger partial charge in [0.15, 0.2) is 0 Å². The second-order valence-corrected chi connectivity index (χ2v) is 3.54. The van der Waals surface area contributed by atoms with E-state index in [9.17, 15) is 0 Å². The Morgan fingerprint density at radius 1 is 0.273 bits per heavy atom. The third-order valence-corrected chi connectivity index (χ3v) is 2.50. The SMILES string of the molecule is C1CCCC1.C1CCCC1.[Co]. The van der Waals surface area contributed by atoms with E-state index in [2.05, 4.69) is 0 Å². The van der Waals surface area contributed by atoms with Gasteiger partial charge in [-0.15, -0.1) is 0 Å². The average Bonchev–Trinajstić information content (AvgIpc) is 2.67. The molecule has 2 fully saturated rings. The molecule has 0 saturated heterocycles. The van der Waals surface area contributed by atoms with Gasteiger partial charge in [-0.25, -0.2) is 0 Å². The van der Waals surface area contributed by atoms with Gasteiger partial charge >= 0.3 is 0 Å². The fourth-order valence-electron chi connectivity index (χ4n) is 1.77. The van der Waals surface area contributed by atoms with Gasteiger partial charge in [0, 0.05) is 16.8 Å². The van der Waals surface area contributed by atoms with E-state index in [1.165, 1.54) is 64.2 Å². The van der Waals surface area contributed by atoms with Crippen LogP contribution in [0.1, 0.15) is 64.2 Å². The molecule has 0 N–H and O–H groups in total. The predicted molar refractivity (Wildman–Crippen MR) is 46.2 cm³/mol. The zero-order valence-corrected chi connectivity index (χ0v) is 8.45. The van der Waals surface area contributed by atoms with E-state index in [-0.39, 0.29) is 16.8 Å². The summed E-state index contributed by atoms with van der Waals surface area (Å²) in [5.74, 6) is 0. The minimum Gasteiger partial charge on any atom is -0.0533 e. The molecule has 2 rings (SSSR count). The van der Waals surface area contributed by atoms with Crippen LogP contribution in [-0.4, -0.2) is 0 Å². The molecule has 2 aliphatic rings. The molecule has 0 nitrogen and oxygen atoms in total. The summed E-state index contributed by atoms with van der Waals surface area (Å²) in [7, 11) is 0. The van der Waals surface area contributed by atoms with Crippen molar-refractivity contribution in [1.29, 1.82) is 0 Å². The fourth-order valence-corrected chi connectivity index (χ4v) is 1.77. The van der Waals surface area contributed by atoms with Crippen LogP contribution in [0.5, 0.6) is 0 Å². The van der Waals surface area contributed by atoms with Crippen LogP contribution < -0.4 is 0 Å². The molecule has 0 aromatic rings. The number of hydrogen-bond donors (Lipinski definition) is 0. The van der Waals surface area contributed by atoms with Gasteiger partial charge in [-0.3, -0.25) is 0 Å². The molecule has 0 unspecified atom stereocenters. The largest absolute Gasteiger partial charge is 0.0533 e. The Morgan fingerprint density at radius 2 is 0.364 bits per heavy atom. The van der Waals surface area contributed by atoms with Crippen LogP contribution in [0, 0.1) is 0 Å². The molecule has 0 amide bonds. The summed E-state index contributed by atoms with van der Waals surface area (Å²) in [4.78, 5) is 0. The molecule has 0 atom stereocenters. The standard InChI is InChI=1S/2C5H10.Co/c2*1-2-4-5-3-1;/h2*1-5H2;. The van der Waals surface area contributed by atoms with E-state index < -0.39 is 0 Å². The summed E-state index contributed by atoms with van der Waals surface area (Å²) < 4.78 is 0. The summed E-state index contributed by atoms with van der Waals surface area (Å²) in [5.41, 5.74) is 0. The third kappa shape index (κ3) is 6.89. The summed E-state index contributed by atoms with van der Waals surface area (Å²) >= 11 is 0. The predicted octanol–water partition coefficient (Wildman–Crippen LogP) is 3.90. The van der Waals surface area contributed by atoms with E-state index in [0.29, 0.717) is 0 Å². The first-order valence-corrected chi connectivity index (χ1v) is 5.00. The summed E-state index contributed by atoms with van der Waals surface area (Å²) in [6, 6.07) is 0. The van der Waals surface area contributed by atoms with Crippen molar-refractivity contribution in [3.63, 3.8) is 0 Å². The van der Waals surface area contributed by atoms with Crippen LogP contribution in [0.4, 0.5) is 0 Å². The molecule has 1 radical (unpaired) electrons. The van der Waals surface area contributed by atoms with Crippen LogP contribution in [0.3, 0.4) is 0 Å². The topological polar surface area (TPSA) is 0 Å². The van der Waals surface area contributed by atoms with Crippen molar-refractivity contribution in [2.45, 2.75) is 64.2 Å². The Hall–Kier alpha value is 0.506. The molecular formula is C10H20Co. The van der Waals surface area contributed by atoms with Crippen LogP contribution in [0.2, 0.25) is 0 Å². The maximum absolute atomic E-state index is 1.50. The average molecular weight is 199 g/mol. The molecule has 0 aromatic heterocycles. The molecule has 0 heterocycles. The summed E-state index contributed by atoms with van der Waals surface area (Å²) in [6.07, 6.45) is 15.0. The third-order valence-electron chi connectivity index (χ3n) is 2.50. The second kappa shape index (κ2) is 8.60. The monoisotopic (exact) mass is 199 g/mol. The van der Waals surface area contributed by atoms with Crippen molar-refractivity contribution in [2.24, 2.45) is 0 Å². The molecule has 0 bridgehead atoms. The van der Waals surface area contributed by atoms with Crippen molar-refractivity contribution < 1.29 is 16.8 Å². The first-order valence-electron chi connectivity index (χ1n) is 5.00. The molecule has 11 heavy (non-hydrogen) atoms. The maximum Gasteiger partial charge on any atom is 0 e. The van der Waals surface area contributed by atoms with Crippen molar-refractivity contribution in [2.75, 3.05) is 0 Å². The first kappa shape index (κ1) is 11.5. The van der Waals surface area contributed by atoms with Gasteiger partial charge < -0.3 is 0 Å². The summed E-state index contributed by atoms with van der Waals surface area (Å²) in [5, 5.41) is 0. The van der Waals surface area contributed by atoms with Crippen molar-refractivity contribution in [3.05, 3.63) is 0 Å². The molecular weight excluding hydrogens is 179 g/mol. The zero-order chi connectivity index (χ0) is 7.07. The Kier molecular flexibility index (Phi) is 9.00. The van der Waals surface area contributed by atoms with Crippen molar-refractivity contribution in [1.82, 2.24) is 0 Å². The van der Waals surface area contributed by atoms with Gasteiger partial charge in [0.2, 0.25) is 0 Å². The van der Waals surface area contributed by atoms with Gasteiger partial charge in [0.1, 0.15) is 0 Å². The van der Waals surface area contributed by atoms with Crippen LogP contribution in [0.15, 0.2) is 0 Å². The second-order valence-electron chi connectivity index (χ2n) is 3.54. The van der Waals surface area contributed by atoms with E-state index >= 15 is 0 Å². The van der Waals surface area contributed by atoms with E-state index in [0.717, 1.165) is 0 Å². The minimum absolute atomic E-state index is 0. The van der Waals surface area contributed by atoms with E-state index in [4.69, 9.17) is 0 Å². The minimum atomic E-state index is 0. The Bertz CT molecular complexity index is 38.1. The van der Waals surface area contributed by atoms with Crippen LogP contribution in [-0.2, 0) is 16.8 Å². The Morgan fingerprint density at radius 3 is 0.455 bits per heavy atom.